The van der Waals surface area contributed by atoms with Crippen molar-refractivity contribution in [3.8, 4) is 0 Å². The van der Waals surface area contributed by atoms with Gasteiger partial charge in [-0.3, -0.25) is 9.59 Å². The smallest absolute Gasteiger partial charge is 0.310 e. The first kappa shape index (κ1) is 14.6. The Morgan fingerprint density at radius 1 is 1.30 bits per heavy atom. The fraction of sp³-hybridized carbons (Fsp3) is 0.500. The quantitative estimate of drug-likeness (QED) is 0.789. The predicted molar refractivity (Wildman–Crippen MR) is 76.2 cm³/mol. The van der Waals surface area contributed by atoms with Crippen molar-refractivity contribution in [1.82, 2.24) is 4.90 Å². The first-order valence-electron chi connectivity index (χ1n) is 7.01. The lowest BCUT2D eigenvalue weighted by Crippen LogP contribution is -2.30. The minimum Gasteiger partial charge on any atom is -0.469 e. The maximum atomic E-state index is 12.1. The molecule has 4 nitrogen and oxygen atoms in total. The van der Waals surface area contributed by atoms with E-state index >= 15 is 0 Å². The zero-order valence-electron chi connectivity index (χ0n) is 12.1. The molecule has 0 saturated carbocycles. The van der Waals surface area contributed by atoms with Crippen LogP contribution in [0.3, 0.4) is 0 Å². The lowest BCUT2D eigenvalue weighted by atomic mass is 10.1. The molecule has 1 unspecified atom stereocenters. The summed E-state index contributed by atoms with van der Waals surface area (Å²) in [5.74, 6) is -0.237. The van der Waals surface area contributed by atoms with E-state index in [1.54, 1.807) is 4.90 Å². The zero-order chi connectivity index (χ0) is 14.5. The van der Waals surface area contributed by atoms with Gasteiger partial charge in [-0.2, -0.15) is 0 Å². The molecule has 1 aliphatic rings. The number of ether oxygens (including phenoxy) is 1. The van der Waals surface area contributed by atoms with Crippen LogP contribution >= 0.6 is 0 Å². The molecule has 1 aromatic rings. The Kier molecular flexibility index (Phi) is 4.77. The van der Waals surface area contributed by atoms with Gasteiger partial charge in [0.15, 0.2) is 0 Å². The van der Waals surface area contributed by atoms with Crippen LogP contribution in [0.15, 0.2) is 24.3 Å². The molecule has 4 heteroatoms. The molecule has 1 heterocycles. The van der Waals surface area contributed by atoms with Crippen LogP contribution in [0.1, 0.15) is 24.0 Å². The SMILES string of the molecule is COC(=O)C1CCN(C(=O)CCc2ccc(C)cc2)C1. The van der Waals surface area contributed by atoms with Crippen molar-refractivity contribution >= 4 is 11.9 Å². The van der Waals surface area contributed by atoms with Gasteiger partial charge in [-0.05, 0) is 25.3 Å². The van der Waals surface area contributed by atoms with Gasteiger partial charge in [0, 0.05) is 19.5 Å². The van der Waals surface area contributed by atoms with E-state index < -0.39 is 0 Å². The van der Waals surface area contributed by atoms with Crippen LogP contribution < -0.4 is 0 Å². The van der Waals surface area contributed by atoms with E-state index in [1.165, 1.54) is 18.2 Å². The van der Waals surface area contributed by atoms with E-state index in [2.05, 4.69) is 24.3 Å². The third kappa shape index (κ3) is 3.59. The van der Waals surface area contributed by atoms with Crippen molar-refractivity contribution in [2.24, 2.45) is 5.92 Å². The van der Waals surface area contributed by atoms with Crippen LogP contribution in [-0.4, -0.2) is 37.0 Å². The number of methoxy groups -OCH3 is 1. The highest BCUT2D eigenvalue weighted by Crippen LogP contribution is 2.19. The number of likely N-dealkylation sites (tertiary alicyclic amines) is 1. The van der Waals surface area contributed by atoms with Gasteiger partial charge in [-0.25, -0.2) is 0 Å². The molecule has 1 atom stereocenters. The monoisotopic (exact) mass is 275 g/mol. The zero-order valence-corrected chi connectivity index (χ0v) is 12.1. The lowest BCUT2D eigenvalue weighted by molar-refractivity contribution is -0.145. The van der Waals surface area contributed by atoms with Gasteiger partial charge in [0.05, 0.1) is 13.0 Å². The van der Waals surface area contributed by atoms with Crippen LogP contribution in [0.25, 0.3) is 0 Å². The largest absolute Gasteiger partial charge is 0.469 e. The summed E-state index contributed by atoms with van der Waals surface area (Å²) in [5.41, 5.74) is 2.40. The van der Waals surface area contributed by atoms with Gasteiger partial charge in [0.1, 0.15) is 0 Å². The fourth-order valence-electron chi connectivity index (χ4n) is 2.51. The second-order valence-electron chi connectivity index (χ2n) is 5.33. The maximum absolute atomic E-state index is 12.1. The summed E-state index contributed by atoms with van der Waals surface area (Å²) < 4.78 is 4.73. The molecule has 20 heavy (non-hydrogen) atoms. The van der Waals surface area contributed by atoms with E-state index in [9.17, 15) is 9.59 Å². The van der Waals surface area contributed by atoms with Crippen LogP contribution in [-0.2, 0) is 20.7 Å². The topological polar surface area (TPSA) is 46.6 Å². The Balaban J connectivity index is 1.81. The normalized spacial score (nSPS) is 18.1. The molecule has 0 aromatic heterocycles. The van der Waals surface area contributed by atoms with Crippen molar-refractivity contribution in [1.29, 1.82) is 0 Å². The third-order valence-electron chi connectivity index (χ3n) is 3.82. The number of benzene rings is 1. The molecule has 1 saturated heterocycles. The summed E-state index contributed by atoms with van der Waals surface area (Å²) in [6.07, 6.45) is 1.96. The predicted octanol–water partition coefficient (Wildman–Crippen LogP) is 1.95. The Labute approximate surface area is 119 Å². The molecular weight excluding hydrogens is 254 g/mol. The first-order chi connectivity index (χ1) is 9.60. The maximum Gasteiger partial charge on any atom is 0.310 e. The summed E-state index contributed by atoms with van der Waals surface area (Å²) in [5, 5.41) is 0. The van der Waals surface area contributed by atoms with Gasteiger partial charge >= 0.3 is 5.97 Å². The number of hydrogen-bond donors (Lipinski definition) is 0. The standard InChI is InChI=1S/C16H21NO3/c1-12-3-5-13(6-4-12)7-8-15(18)17-10-9-14(11-17)16(19)20-2/h3-6,14H,7-11H2,1-2H3. The average Bonchev–Trinajstić information content (AvgIpc) is 2.95. The third-order valence-corrected chi connectivity index (χ3v) is 3.82. The van der Waals surface area contributed by atoms with Crippen LogP contribution in [0, 0.1) is 12.8 Å². The first-order valence-corrected chi connectivity index (χ1v) is 7.01. The molecule has 1 amide bonds. The summed E-state index contributed by atoms with van der Waals surface area (Å²) in [4.78, 5) is 25.3. The lowest BCUT2D eigenvalue weighted by Gasteiger charge is -2.16. The molecule has 2 rings (SSSR count). The van der Waals surface area contributed by atoms with Crippen molar-refractivity contribution in [2.45, 2.75) is 26.2 Å². The fourth-order valence-corrected chi connectivity index (χ4v) is 2.51. The number of carbonyl (C=O) groups excluding carboxylic acids is 2. The van der Waals surface area contributed by atoms with Gasteiger partial charge in [0.25, 0.3) is 0 Å². The molecule has 108 valence electrons. The molecule has 0 spiro atoms. The van der Waals surface area contributed by atoms with Crippen molar-refractivity contribution < 1.29 is 14.3 Å². The highest BCUT2D eigenvalue weighted by atomic mass is 16.5. The number of rotatable bonds is 4. The van der Waals surface area contributed by atoms with Gasteiger partial charge in [-0.1, -0.05) is 29.8 Å². The van der Waals surface area contributed by atoms with Crippen molar-refractivity contribution in [2.75, 3.05) is 20.2 Å². The number of esters is 1. The van der Waals surface area contributed by atoms with Crippen LogP contribution in [0.4, 0.5) is 0 Å². The molecular formula is C16H21NO3. The molecule has 1 aromatic carbocycles. The van der Waals surface area contributed by atoms with Crippen LogP contribution in [0.2, 0.25) is 0 Å². The summed E-state index contributed by atoms with van der Waals surface area (Å²) in [6, 6.07) is 8.24. The second kappa shape index (κ2) is 6.55. The average molecular weight is 275 g/mol. The Hall–Kier alpha value is -1.84. The summed E-state index contributed by atoms with van der Waals surface area (Å²) >= 11 is 0. The van der Waals surface area contributed by atoms with E-state index in [1.807, 2.05) is 6.92 Å². The number of carbonyl (C=O) groups is 2. The van der Waals surface area contributed by atoms with Gasteiger partial charge < -0.3 is 9.64 Å². The number of aryl methyl sites for hydroxylation is 2. The Morgan fingerprint density at radius 3 is 2.65 bits per heavy atom. The van der Waals surface area contributed by atoms with Crippen molar-refractivity contribution in [3.05, 3.63) is 35.4 Å². The van der Waals surface area contributed by atoms with Crippen molar-refractivity contribution in [3.63, 3.8) is 0 Å². The van der Waals surface area contributed by atoms with Crippen LogP contribution in [0.5, 0.6) is 0 Å². The van der Waals surface area contributed by atoms with E-state index in [0.29, 0.717) is 25.9 Å². The van der Waals surface area contributed by atoms with Gasteiger partial charge in [0.2, 0.25) is 5.91 Å². The second-order valence-corrected chi connectivity index (χ2v) is 5.33. The number of hydrogen-bond acceptors (Lipinski definition) is 3. The van der Waals surface area contributed by atoms with E-state index in [-0.39, 0.29) is 17.8 Å². The highest BCUT2D eigenvalue weighted by molar-refractivity contribution is 5.79. The highest BCUT2D eigenvalue weighted by Gasteiger charge is 2.31. The molecule has 0 N–H and O–H groups in total. The molecule has 1 aliphatic heterocycles. The summed E-state index contributed by atoms with van der Waals surface area (Å²) in [7, 11) is 1.39. The van der Waals surface area contributed by atoms with Gasteiger partial charge in [-0.15, -0.1) is 0 Å². The minimum atomic E-state index is -0.209. The van der Waals surface area contributed by atoms with E-state index in [4.69, 9.17) is 4.74 Å². The number of amides is 1. The van der Waals surface area contributed by atoms with E-state index in [0.717, 1.165) is 6.42 Å². The number of nitrogens with zero attached hydrogens (tertiary/aromatic N) is 1. The Bertz CT molecular complexity index is 481. The summed E-state index contributed by atoms with van der Waals surface area (Å²) in [6.45, 7) is 3.21. The molecule has 0 radical (unpaired) electrons. The molecule has 1 fully saturated rings. The minimum absolute atomic E-state index is 0.122. The Morgan fingerprint density at radius 2 is 2.00 bits per heavy atom. The molecule has 0 bridgehead atoms. The molecule has 0 aliphatic carbocycles.